The zero-order valence-electron chi connectivity index (χ0n) is 4.64. The molecule has 0 saturated carbocycles. The van der Waals surface area contributed by atoms with Crippen LogP contribution in [0.4, 0.5) is 13.2 Å². The molecule has 0 aliphatic rings. The zero-order valence-corrected chi connectivity index (χ0v) is 4.64. The zero-order chi connectivity index (χ0) is 8.31. The molecule has 0 radical (unpaired) electrons. The molecule has 0 aromatic carbocycles. The summed E-state index contributed by atoms with van der Waals surface area (Å²) in [6, 6.07) is -2.26. The van der Waals surface area contributed by atoms with Crippen molar-refractivity contribution in [3.63, 3.8) is 0 Å². The van der Waals surface area contributed by atoms with E-state index in [1.807, 2.05) is 0 Å². The summed E-state index contributed by atoms with van der Waals surface area (Å²) in [6.45, 7) is 0. The number of aliphatic carboxylic acids is 1. The average Bonchev–Trinajstić information content (AvgIpc) is 1.84. The number of hydrogen-bond acceptors (Lipinski definition) is 2. The molecule has 0 fully saturated rings. The summed E-state index contributed by atoms with van der Waals surface area (Å²) >= 11 is 0. The van der Waals surface area contributed by atoms with Crippen LogP contribution in [-0.4, -0.2) is 17.1 Å². The summed E-state index contributed by atoms with van der Waals surface area (Å²) in [5.41, 5.74) is 4.45. The molecule has 1 atom stereocenters. The molecular weight excluding hydrogens is 151 g/mol. The van der Waals surface area contributed by atoms with Gasteiger partial charge in [-0.1, -0.05) is 0 Å². The van der Waals surface area contributed by atoms with Gasteiger partial charge in [-0.15, -0.1) is 0 Å². The van der Waals surface area contributed by atoms with E-state index in [0.29, 0.717) is 0 Å². The van der Waals surface area contributed by atoms with E-state index in [1.54, 1.807) is 0 Å². The van der Waals surface area contributed by atoms with Crippen LogP contribution in [0.25, 0.3) is 0 Å². The van der Waals surface area contributed by atoms with Gasteiger partial charge in [0.1, 0.15) is 0 Å². The first kappa shape index (κ1) is 8.96. The lowest BCUT2D eigenvalue weighted by Gasteiger charge is -1.99. The summed E-state index contributed by atoms with van der Waals surface area (Å²) in [6.07, 6.45) is -2.70. The van der Waals surface area contributed by atoms with Crippen LogP contribution in [0.2, 0.25) is 0 Å². The van der Waals surface area contributed by atoms with Crippen LogP contribution >= 0.6 is 0 Å². The lowest BCUT2D eigenvalue weighted by molar-refractivity contribution is -0.138. The van der Waals surface area contributed by atoms with Crippen molar-refractivity contribution in [1.82, 2.24) is 0 Å². The van der Waals surface area contributed by atoms with Crippen molar-refractivity contribution < 1.29 is 23.1 Å². The number of nitrogens with two attached hydrogens (primary N) is 1. The molecule has 3 nitrogen and oxygen atoms in total. The van der Waals surface area contributed by atoms with Crippen LogP contribution in [0.5, 0.6) is 0 Å². The standard InChI is InChI=1S/C4H4F3NO2/c5-1(3(6)7)2(8)4(9)10/h2H,8H2,(H,9,10). The van der Waals surface area contributed by atoms with Crippen LogP contribution in [0, 0.1) is 0 Å². The van der Waals surface area contributed by atoms with Gasteiger partial charge in [-0.25, -0.2) is 4.39 Å². The number of carboxylic acid groups (broad SMARTS) is 1. The molecule has 1 unspecified atom stereocenters. The van der Waals surface area contributed by atoms with E-state index >= 15 is 0 Å². The molecule has 0 aromatic heterocycles. The van der Waals surface area contributed by atoms with Crippen molar-refractivity contribution >= 4 is 5.97 Å². The quantitative estimate of drug-likeness (QED) is 0.609. The summed E-state index contributed by atoms with van der Waals surface area (Å²) < 4.78 is 34.2. The van der Waals surface area contributed by atoms with Crippen LogP contribution in [0.15, 0.2) is 11.9 Å². The second-order valence-corrected chi connectivity index (χ2v) is 1.42. The van der Waals surface area contributed by atoms with Crippen molar-refractivity contribution in [1.29, 1.82) is 0 Å². The molecule has 0 aliphatic heterocycles. The van der Waals surface area contributed by atoms with Gasteiger partial charge >= 0.3 is 12.0 Å². The van der Waals surface area contributed by atoms with Crippen LogP contribution in [-0.2, 0) is 4.79 Å². The van der Waals surface area contributed by atoms with E-state index in [0.717, 1.165) is 0 Å². The lowest BCUT2D eigenvalue weighted by Crippen LogP contribution is -2.30. The predicted octanol–water partition coefficient (Wildman–Crippen LogP) is 0.476. The van der Waals surface area contributed by atoms with E-state index < -0.39 is 23.9 Å². The highest BCUT2D eigenvalue weighted by atomic mass is 19.3. The Balaban J connectivity index is 4.37. The number of hydrogen-bond donors (Lipinski definition) is 2. The molecule has 10 heavy (non-hydrogen) atoms. The maximum Gasteiger partial charge on any atom is 0.327 e. The molecule has 0 amide bonds. The highest BCUT2D eigenvalue weighted by Gasteiger charge is 2.21. The summed E-state index contributed by atoms with van der Waals surface area (Å²) in [7, 11) is 0. The Hall–Kier alpha value is -1.04. The van der Waals surface area contributed by atoms with Gasteiger partial charge in [-0.05, 0) is 0 Å². The maximum absolute atomic E-state index is 11.8. The third-order valence-corrected chi connectivity index (χ3v) is 0.720. The first-order valence-electron chi connectivity index (χ1n) is 2.16. The molecule has 0 rings (SSSR count). The Kier molecular flexibility index (Phi) is 2.88. The Bertz CT molecular complexity index is 175. The van der Waals surface area contributed by atoms with Crippen LogP contribution < -0.4 is 5.73 Å². The van der Waals surface area contributed by atoms with E-state index in [2.05, 4.69) is 5.73 Å². The first-order valence-corrected chi connectivity index (χ1v) is 2.16. The highest BCUT2D eigenvalue weighted by Crippen LogP contribution is 2.11. The highest BCUT2D eigenvalue weighted by molar-refractivity contribution is 5.76. The minimum absolute atomic E-state index is 1.83. The van der Waals surface area contributed by atoms with Gasteiger partial charge in [0.2, 0.25) is 0 Å². The molecule has 0 heterocycles. The molecule has 0 aliphatic carbocycles. The summed E-state index contributed by atoms with van der Waals surface area (Å²) in [4.78, 5) is 9.71. The second kappa shape index (κ2) is 3.21. The third kappa shape index (κ3) is 2.06. The minimum Gasteiger partial charge on any atom is -0.480 e. The SMILES string of the molecule is NC(C(=O)O)C(F)=C(F)F. The minimum atomic E-state index is -2.70. The molecule has 0 saturated heterocycles. The van der Waals surface area contributed by atoms with Crippen LogP contribution in [0.3, 0.4) is 0 Å². The topological polar surface area (TPSA) is 63.3 Å². The Morgan fingerprint density at radius 3 is 1.90 bits per heavy atom. The van der Waals surface area contributed by atoms with Gasteiger partial charge in [0.15, 0.2) is 11.9 Å². The monoisotopic (exact) mass is 155 g/mol. The number of carboxylic acids is 1. The Labute approximate surface area is 53.9 Å². The Morgan fingerprint density at radius 1 is 1.40 bits per heavy atom. The largest absolute Gasteiger partial charge is 0.480 e. The fraction of sp³-hybridized carbons (Fsp3) is 0.250. The van der Waals surface area contributed by atoms with Crippen molar-refractivity contribution in [2.24, 2.45) is 5.73 Å². The van der Waals surface area contributed by atoms with Gasteiger partial charge in [-0.3, -0.25) is 4.79 Å². The molecule has 6 heteroatoms. The smallest absolute Gasteiger partial charge is 0.327 e. The van der Waals surface area contributed by atoms with E-state index in [1.165, 1.54) is 0 Å². The van der Waals surface area contributed by atoms with Crippen molar-refractivity contribution in [2.45, 2.75) is 6.04 Å². The van der Waals surface area contributed by atoms with Crippen molar-refractivity contribution in [3.8, 4) is 0 Å². The fourth-order valence-corrected chi connectivity index (χ4v) is 0.226. The molecule has 3 N–H and O–H groups in total. The number of halogens is 3. The second-order valence-electron chi connectivity index (χ2n) is 1.42. The number of rotatable bonds is 2. The summed E-state index contributed by atoms with van der Waals surface area (Å²) in [5.74, 6) is -3.93. The molecule has 58 valence electrons. The van der Waals surface area contributed by atoms with Crippen molar-refractivity contribution in [2.75, 3.05) is 0 Å². The van der Waals surface area contributed by atoms with Gasteiger partial charge in [-0.2, -0.15) is 8.78 Å². The van der Waals surface area contributed by atoms with Crippen LogP contribution in [0.1, 0.15) is 0 Å². The average molecular weight is 155 g/mol. The maximum atomic E-state index is 11.8. The summed E-state index contributed by atoms with van der Waals surface area (Å²) in [5, 5.41) is 7.87. The van der Waals surface area contributed by atoms with E-state index in [4.69, 9.17) is 5.11 Å². The fourth-order valence-electron chi connectivity index (χ4n) is 0.226. The van der Waals surface area contributed by atoms with Crippen molar-refractivity contribution in [3.05, 3.63) is 11.9 Å². The first-order chi connectivity index (χ1) is 4.46. The molecular formula is C4H4F3NO2. The third-order valence-electron chi connectivity index (χ3n) is 0.720. The molecule has 0 aromatic rings. The van der Waals surface area contributed by atoms with Gasteiger partial charge in [0, 0.05) is 0 Å². The molecule has 0 bridgehead atoms. The van der Waals surface area contributed by atoms with E-state index in [-0.39, 0.29) is 0 Å². The predicted molar refractivity (Wildman–Crippen MR) is 26.0 cm³/mol. The van der Waals surface area contributed by atoms with Gasteiger partial charge in [0.05, 0.1) is 0 Å². The van der Waals surface area contributed by atoms with E-state index in [9.17, 15) is 18.0 Å². The molecule has 0 spiro atoms. The normalized spacial score (nSPS) is 12.4. The Morgan fingerprint density at radius 2 is 1.80 bits per heavy atom. The van der Waals surface area contributed by atoms with Gasteiger partial charge < -0.3 is 10.8 Å². The number of carbonyl (C=O) groups is 1. The lowest BCUT2D eigenvalue weighted by atomic mass is 10.3. The van der Waals surface area contributed by atoms with Gasteiger partial charge in [0.25, 0.3) is 0 Å².